The first-order valence-electron chi connectivity index (χ1n) is 9.76. The molecule has 4 rings (SSSR count). The fourth-order valence-corrected chi connectivity index (χ4v) is 3.31. The van der Waals surface area contributed by atoms with Gasteiger partial charge in [0.2, 0.25) is 5.65 Å². The third kappa shape index (κ3) is 3.82. The van der Waals surface area contributed by atoms with Gasteiger partial charge in [-0.25, -0.2) is 4.98 Å². The summed E-state index contributed by atoms with van der Waals surface area (Å²) in [7, 11) is 0. The molecule has 7 heteroatoms. The van der Waals surface area contributed by atoms with E-state index >= 15 is 0 Å². The SMILES string of the molecule is CCOCCCNc1nc2ccc(C(=O)c3ccccc3)cc2n2c(C)nnc12. The minimum atomic E-state index is -0.0236. The third-order valence-corrected chi connectivity index (χ3v) is 4.75. The van der Waals surface area contributed by atoms with Crippen LogP contribution in [-0.2, 0) is 4.74 Å². The van der Waals surface area contributed by atoms with Crippen molar-refractivity contribution in [2.24, 2.45) is 0 Å². The number of hydrogen-bond acceptors (Lipinski definition) is 6. The number of benzene rings is 2. The van der Waals surface area contributed by atoms with Crippen LogP contribution < -0.4 is 5.32 Å². The van der Waals surface area contributed by atoms with Gasteiger partial charge in [0, 0.05) is 30.9 Å². The topological polar surface area (TPSA) is 81.4 Å². The number of anilines is 1. The van der Waals surface area contributed by atoms with Gasteiger partial charge in [0.05, 0.1) is 11.0 Å². The molecule has 0 fully saturated rings. The van der Waals surface area contributed by atoms with Crippen molar-refractivity contribution in [2.75, 3.05) is 25.1 Å². The summed E-state index contributed by atoms with van der Waals surface area (Å²) in [6, 6.07) is 14.8. The lowest BCUT2D eigenvalue weighted by molar-refractivity contribution is 0.103. The van der Waals surface area contributed by atoms with Crippen molar-refractivity contribution in [3.63, 3.8) is 0 Å². The molecule has 7 nitrogen and oxygen atoms in total. The Morgan fingerprint density at radius 2 is 1.93 bits per heavy atom. The molecule has 0 spiro atoms. The smallest absolute Gasteiger partial charge is 0.204 e. The monoisotopic (exact) mass is 389 g/mol. The zero-order valence-corrected chi connectivity index (χ0v) is 16.6. The second-order valence-corrected chi connectivity index (χ2v) is 6.74. The number of fused-ring (bicyclic) bond motifs is 3. The van der Waals surface area contributed by atoms with Crippen LogP contribution in [0.5, 0.6) is 0 Å². The van der Waals surface area contributed by atoms with Gasteiger partial charge in [0.15, 0.2) is 11.6 Å². The molecule has 2 aromatic heterocycles. The van der Waals surface area contributed by atoms with Gasteiger partial charge in [0.1, 0.15) is 5.82 Å². The molecule has 0 amide bonds. The Balaban J connectivity index is 1.72. The molecule has 1 N–H and O–H groups in total. The summed E-state index contributed by atoms with van der Waals surface area (Å²) in [6.45, 7) is 6.02. The highest BCUT2D eigenvalue weighted by molar-refractivity contribution is 6.10. The fourth-order valence-electron chi connectivity index (χ4n) is 3.31. The summed E-state index contributed by atoms with van der Waals surface area (Å²) in [5, 5.41) is 11.8. The first kappa shape index (κ1) is 19.0. The quantitative estimate of drug-likeness (QED) is 0.366. The molecule has 0 aliphatic carbocycles. The van der Waals surface area contributed by atoms with Crippen LogP contribution in [0, 0.1) is 6.92 Å². The molecule has 0 aliphatic rings. The third-order valence-electron chi connectivity index (χ3n) is 4.75. The number of ketones is 1. The van der Waals surface area contributed by atoms with Crippen molar-refractivity contribution < 1.29 is 9.53 Å². The second kappa shape index (κ2) is 8.36. The number of ether oxygens (including phenoxy) is 1. The molecule has 29 heavy (non-hydrogen) atoms. The van der Waals surface area contributed by atoms with Crippen LogP contribution in [-0.4, -0.2) is 45.1 Å². The molecule has 2 heterocycles. The van der Waals surface area contributed by atoms with Gasteiger partial charge in [-0.15, -0.1) is 10.2 Å². The molecular formula is C22H23N5O2. The standard InChI is InChI=1S/C22H23N5O2/c1-3-29-13-7-12-23-21-22-26-25-15(2)27(22)19-14-17(10-11-18(19)24-21)20(28)16-8-5-4-6-9-16/h4-6,8-11,14H,3,7,12-13H2,1-2H3,(H,23,24). The normalized spacial score (nSPS) is 11.2. The first-order valence-corrected chi connectivity index (χ1v) is 9.76. The molecule has 0 aliphatic heterocycles. The van der Waals surface area contributed by atoms with Gasteiger partial charge < -0.3 is 10.1 Å². The molecule has 0 bridgehead atoms. The van der Waals surface area contributed by atoms with Crippen molar-refractivity contribution >= 4 is 28.3 Å². The van der Waals surface area contributed by atoms with Gasteiger partial charge in [-0.2, -0.15) is 0 Å². The maximum atomic E-state index is 12.9. The number of aromatic nitrogens is 4. The Morgan fingerprint density at radius 1 is 1.10 bits per heavy atom. The van der Waals surface area contributed by atoms with Crippen LogP contribution in [0.4, 0.5) is 5.82 Å². The van der Waals surface area contributed by atoms with E-state index < -0.39 is 0 Å². The number of hydrogen-bond donors (Lipinski definition) is 1. The predicted octanol–water partition coefficient (Wildman–Crippen LogP) is 3.66. The number of aryl methyl sites for hydroxylation is 1. The Kier molecular flexibility index (Phi) is 5.48. The van der Waals surface area contributed by atoms with Crippen LogP contribution in [0.15, 0.2) is 48.5 Å². The molecule has 4 aromatic rings. The summed E-state index contributed by atoms with van der Waals surface area (Å²) in [6.07, 6.45) is 0.872. The summed E-state index contributed by atoms with van der Waals surface area (Å²) >= 11 is 0. The van der Waals surface area contributed by atoms with Crippen molar-refractivity contribution in [1.29, 1.82) is 0 Å². The minimum Gasteiger partial charge on any atom is -0.382 e. The van der Waals surface area contributed by atoms with Gasteiger partial charge in [-0.05, 0) is 38.5 Å². The summed E-state index contributed by atoms with van der Waals surface area (Å²) in [4.78, 5) is 17.6. The lowest BCUT2D eigenvalue weighted by atomic mass is 10.0. The van der Waals surface area contributed by atoms with Gasteiger partial charge in [0.25, 0.3) is 0 Å². The second-order valence-electron chi connectivity index (χ2n) is 6.74. The summed E-state index contributed by atoms with van der Waals surface area (Å²) < 4.78 is 7.32. The lowest BCUT2D eigenvalue weighted by Gasteiger charge is -2.11. The fraction of sp³-hybridized carbons (Fsp3) is 0.273. The van der Waals surface area contributed by atoms with Crippen molar-refractivity contribution in [1.82, 2.24) is 19.6 Å². The first-order chi connectivity index (χ1) is 14.2. The molecule has 0 unspecified atom stereocenters. The van der Waals surface area contributed by atoms with E-state index in [2.05, 4.69) is 15.5 Å². The Bertz CT molecular complexity index is 1150. The van der Waals surface area contributed by atoms with Crippen molar-refractivity contribution in [3.8, 4) is 0 Å². The van der Waals surface area contributed by atoms with E-state index in [0.717, 1.165) is 29.8 Å². The predicted molar refractivity (Wildman–Crippen MR) is 112 cm³/mol. The molecular weight excluding hydrogens is 366 g/mol. The van der Waals surface area contributed by atoms with E-state index in [0.29, 0.717) is 35.8 Å². The van der Waals surface area contributed by atoms with Crippen LogP contribution in [0.1, 0.15) is 35.1 Å². The highest BCUT2D eigenvalue weighted by Crippen LogP contribution is 2.23. The van der Waals surface area contributed by atoms with Crippen LogP contribution in [0.2, 0.25) is 0 Å². The summed E-state index contributed by atoms with van der Waals surface area (Å²) in [5.41, 5.74) is 3.50. The van der Waals surface area contributed by atoms with E-state index in [4.69, 9.17) is 9.72 Å². The van der Waals surface area contributed by atoms with E-state index in [-0.39, 0.29) is 5.78 Å². The lowest BCUT2D eigenvalue weighted by Crippen LogP contribution is -2.09. The molecule has 0 atom stereocenters. The van der Waals surface area contributed by atoms with Gasteiger partial charge >= 0.3 is 0 Å². The van der Waals surface area contributed by atoms with E-state index in [1.165, 1.54) is 0 Å². The number of nitrogens with zero attached hydrogens (tertiary/aromatic N) is 4. The molecule has 0 saturated carbocycles. The maximum Gasteiger partial charge on any atom is 0.204 e. The highest BCUT2D eigenvalue weighted by Gasteiger charge is 2.15. The zero-order chi connectivity index (χ0) is 20.2. The van der Waals surface area contributed by atoms with Crippen LogP contribution in [0.25, 0.3) is 16.7 Å². The van der Waals surface area contributed by atoms with Crippen molar-refractivity contribution in [2.45, 2.75) is 20.3 Å². The number of carbonyl (C=O) groups is 1. The molecule has 0 radical (unpaired) electrons. The number of nitrogens with one attached hydrogen (secondary N) is 1. The van der Waals surface area contributed by atoms with Crippen molar-refractivity contribution in [3.05, 3.63) is 65.5 Å². The summed E-state index contributed by atoms with van der Waals surface area (Å²) in [5.74, 6) is 1.40. The van der Waals surface area contributed by atoms with Crippen LogP contribution in [0.3, 0.4) is 0 Å². The Labute approximate surface area is 168 Å². The maximum absolute atomic E-state index is 12.9. The van der Waals surface area contributed by atoms with Gasteiger partial charge in [-0.3, -0.25) is 9.20 Å². The average Bonchev–Trinajstić information content (AvgIpc) is 3.15. The highest BCUT2D eigenvalue weighted by atomic mass is 16.5. The zero-order valence-electron chi connectivity index (χ0n) is 16.6. The number of carbonyl (C=O) groups excluding carboxylic acids is 1. The van der Waals surface area contributed by atoms with Gasteiger partial charge in [-0.1, -0.05) is 30.3 Å². The van der Waals surface area contributed by atoms with Crippen LogP contribution >= 0.6 is 0 Å². The number of rotatable bonds is 8. The largest absolute Gasteiger partial charge is 0.382 e. The molecule has 0 saturated heterocycles. The van der Waals surface area contributed by atoms with E-state index in [9.17, 15) is 4.79 Å². The average molecular weight is 389 g/mol. The Morgan fingerprint density at radius 3 is 2.72 bits per heavy atom. The van der Waals surface area contributed by atoms with E-state index in [1.807, 2.05) is 66.8 Å². The molecule has 2 aromatic carbocycles. The molecule has 148 valence electrons. The minimum absolute atomic E-state index is 0.0236. The Hall–Kier alpha value is -3.32. The van der Waals surface area contributed by atoms with E-state index in [1.54, 1.807) is 0 Å².